The van der Waals surface area contributed by atoms with E-state index in [4.69, 9.17) is 5.11 Å². The van der Waals surface area contributed by atoms with Crippen LogP contribution in [0, 0.1) is 6.92 Å². The average molecular weight is 309 g/mol. The molecule has 1 rings (SSSR count). The number of nitrogens with zero attached hydrogens (tertiary/aromatic N) is 1. The Balaban J connectivity index is 2.60. The number of carbonyl (C=O) groups is 1. The highest BCUT2D eigenvalue weighted by atomic mass is 32.2. The number of carboxylic acid groups (broad SMARTS) is 1. The zero-order chi connectivity index (χ0) is 13.9. The molecule has 0 radical (unpaired) electrons. The largest absolute Gasteiger partial charge is 0.477 e. The minimum absolute atomic E-state index is 0.0797. The number of thioether (sulfide) groups is 1. The van der Waals surface area contributed by atoms with Crippen molar-refractivity contribution >= 4 is 38.9 Å². The minimum atomic E-state index is -3.05. The second-order valence-electron chi connectivity index (χ2n) is 3.96. The zero-order valence-corrected chi connectivity index (χ0v) is 12.8. The van der Waals surface area contributed by atoms with Crippen molar-refractivity contribution in [2.24, 2.45) is 0 Å². The first kappa shape index (κ1) is 15.5. The average Bonchev–Trinajstić information content (AvgIpc) is 2.59. The fourth-order valence-corrected chi connectivity index (χ4v) is 4.60. The van der Waals surface area contributed by atoms with Gasteiger partial charge >= 0.3 is 5.97 Å². The van der Waals surface area contributed by atoms with Crippen LogP contribution in [0.15, 0.2) is 4.34 Å². The highest BCUT2D eigenvalue weighted by Gasteiger charge is 2.17. The van der Waals surface area contributed by atoms with E-state index in [-0.39, 0.29) is 15.9 Å². The molecule has 102 valence electrons. The van der Waals surface area contributed by atoms with Gasteiger partial charge in [0.05, 0.1) is 16.7 Å². The van der Waals surface area contributed by atoms with Gasteiger partial charge in [-0.15, -0.1) is 11.3 Å². The zero-order valence-electron chi connectivity index (χ0n) is 10.3. The first-order chi connectivity index (χ1) is 8.24. The number of aromatic carboxylic acids is 1. The van der Waals surface area contributed by atoms with Crippen LogP contribution in [0.3, 0.4) is 0 Å². The number of rotatable bonds is 6. The third kappa shape index (κ3) is 3.96. The predicted octanol–water partition coefficient (Wildman–Crippen LogP) is 2.07. The van der Waals surface area contributed by atoms with Crippen molar-refractivity contribution in [1.29, 1.82) is 0 Å². The van der Waals surface area contributed by atoms with Crippen molar-refractivity contribution in [2.75, 3.05) is 11.5 Å². The number of thiazole rings is 1. The lowest BCUT2D eigenvalue weighted by Gasteiger charge is -2.05. The van der Waals surface area contributed by atoms with Gasteiger partial charge in [-0.2, -0.15) is 0 Å². The van der Waals surface area contributed by atoms with Crippen LogP contribution < -0.4 is 0 Å². The van der Waals surface area contributed by atoms with E-state index in [2.05, 4.69) is 4.98 Å². The van der Waals surface area contributed by atoms with E-state index < -0.39 is 15.8 Å². The van der Waals surface area contributed by atoms with Crippen molar-refractivity contribution < 1.29 is 18.3 Å². The lowest BCUT2D eigenvalue weighted by Crippen LogP contribution is -2.18. The summed E-state index contributed by atoms with van der Waals surface area (Å²) in [5.74, 6) is -0.519. The summed E-state index contributed by atoms with van der Waals surface area (Å²) in [5, 5.41) is 8.49. The summed E-state index contributed by atoms with van der Waals surface area (Å²) in [4.78, 5) is 15.1. The van der Waals surface area contributed by atoms with E-state index in [0.29, 0.717) is 15.8 Å². The van der Waals surface area contributed by atoms with Crippen LogP contribution in [0.25, 0.3) is 0 Å². The summed E-state index contributed by atoms with van der Waals surface area (Å²) in [6.07, 6.45) is 0. The summed E-state index contributed by atoms with van der Waals surface area (Å²) in [6, 6.07) is 0. The van der Waals surface area contributed by atoms with E-state index >= 15 is 0 Å². The second-order valence-corrected chi connectivity index (χ2v) is 8.98. The van der Waals surface area contributed by atoms with Gasteiger partial charge in [0.1, 0.15) is 4.88 Å². The smallest absolute Gasteiger partial charge is 0.347 e. The molecule has 0 saturated heterocycles. The van der Waals surface area contributed by atoms with Gasteiger partial charge in [-0.3, -0.25) is 0 Å². The highest BCUT2D eigenvalue weighted by molar-refractivity contribution is 8.02. The molecule has 0 amide bonds. The van der Waals surface area contributed by atoms with Crippen molar-refractivity contribution in [3.63, 3.8) is 0 Å². The third-order valence-corrected chi connectivity index (χ3v) is 7.04. The van der Waals surface area contributed by atoms with Crippen LogP contribution in [0.1, 0.15) is 29.2 Å². The maximum Gasteiger partial charge on any atom is 0.347 e. The number of carboxylic acids is 1. The quantitative estimate of drug-likeness (QED) is 0.810. The molecular formula is C10H15NO4S3. The van der Waals surface area contributed by atoms with Gasteiger partial charge in [0.25, 0.3) is 0 Å². The molecule has 1 N–H and O–H groups in total. The summed E-state index contributed by atoms with van der Waals surface area (Å²) in [7, 11) is -3.05. The normalized spacial score (nSPS) is 12.0. The predicted molar refractivity (Wildman–Crippen MR) is 73.5 cm³/mol. The number of hydrogen-bond acceptors (Lipinski definition) is 6. The van der Waals surface area contributed by atoms with Crippen LogP contribution >= 0.6 is 23.1 Å². The molecule has 0 aliphatic carbocycles. The van der Waals surface area contributed by atoms with Gasteiger partial charge in [0, 0.05) is 5.75 Å². The molecule has 0 saturated carbocycles. The van der Waals surface area contributed by atoms with Crippen molar-refractivity contribution in [3.8, 4) is 0 Å². The van der Waals surface area contributed by atoms with Crippen LogP contribution in [-0.2, 0) is 9.84 Å². The third-order valence-electron chi connectivity index (χ3n) is 2.28. The van der Waals surface area contributed by atoms with Gasteiger partial charge in [-0.05, 0) is 20.8 Å². The van der Waals surface area contributed by atoms with Gasteiger partial charge in [-0.1, -0.05) is 11.8 Å². The van der Waals surface area contributed by atoms with E-state index in [1.807, 2.05) is 0 Å². The Hall–Kier alpha value is -0.600. The topological polar surface area (TPSA) is 84.3 Å². The molecule has 0 fully saturated rings. The van der Waals surface area contributed by atoms with Gasteiger partial charge in [0.15, 0.2) is 14.2 Å². The summed E-state index contributed by atoms with van der Waals surface area (Å²) < 4.78 is 23.8. The molecule has 1 heterocycles. The molecule has 8 heteroatoms. The molecule has 1 aromatic rings. The summed E-state index contributed by atoms with van der Waals surface area (Å²) in [6.45, 7) is 4.93. The molecule has 0 spiro atoms. The first-order valence-electron chi connectivity index (χ1n) is 5.29. The molecule has 0 atom stereocenters. The molecule has 18 heavy (non-hydrogen) atoms. The monoisotopic (exact) mass is 309 g/mol. The molecule has 0 aliphatic rings. The lowest BCUT2D eigenvalue weighted by molar-refractivity contribution is 0.0701. The molecular weight excluding hydrogens is 294 g/mol. The molecule has 5 nitrogen and oxygen atoms in total. The Morgan fingerprint density at radius 1 is 1.50 bits per heavy atom. The minimum Gasteiger partial charge on any atom is -0.477 e. The van der Waals surface area contributed by atoms with E-state index in [9.17, 15) is 13.2 Å². The van der Waals surface area contributed by atoms with Crippen LogP contribution in [0.2, 0.25) is 0 Å². The second kappa shape index (κ2) is 6.03. The highest BCUT2D eigenvalue weighted by Crippen LogP contribution is 2.27. The van der Waals surface area contributed by atoms with Crippen LogP contribution in [0.4, 0.5) is 0 Å². The number of aryl methyl sites for hydroxylation is 1. The van der Waals surface area contributed by atoms with Crippen molar-refractivity contribution in [3.05, 3.63) is 10.6 Å². The fraction of sp³-hybridized carbons (Fsp3) is 0.600. The fourth-order valence-electron chi connectivity index (χ4n) is 1.11. The van der Waals surface area contributed by atoms with Crippen LogP contribution in [-0.4, -0.2) is 41.2 Å². The maximum atomic E-state index is 11.6. The van der Waals surface area contributed by atoms with Crippen molar-refractivity contribution in [1.82, 2.24) is 4.98 Å². The van der Waals surface area contributed by atoms with Gasteiger partial charge < -0.3 is 5.11 Å². The van der Waals surface area contributed by atoms with Crippen molar-refractivity contribution in [2.45, 2.75) is 30.4 Å². The molecule has 1 aromatic heterocycles. The number of sulfone groups is 1. The maximum absolute atomic E-state index is 11.6. The standard InChI is InChI=1S/C10H15NO4S3/c1-6(2)18(14,15)5-4-16-10-11-7(3)8(17-10)9(12)13/h6H,4-5H2,1-3H3,(H,12,13). The Morgan fingerprint density at radius 2 is 2.11 bits per heavy atom. The Bertz CT molecular complexity index is 533. The number of hydrogen-bond donors (Lipinski definition) is 1. The van der Waals surface area contributed by atoms with E-state index in [1.165, 1.54) is 11.8 Å². The molecule has 0 aliphatic heterocycles. The lowest BCUT2D eigenvalue weighted by atomic mass is 10.4. The van der Waals surface area contributed by atoms with Gasteiger partial charge in [0.2, 0.25) is 0 Å². The SMILES string of the molecule is Cc1nc(SCCS(=O)(=O)C(C)C)sc1C(=O)O. The van der Waals surface area contributed by atoms with Gasteiger partial charge in [-0.25, -0.2) is 18.2 Å². The Kier molecular flexibility index (Phi) is 5.18. The summed E-state index contributed by atoms with van der Waals surface area (Å²) in [5.41, 5.74) is 0.474. The Labute approximate surface area is 115 Å². The Morgan fingerprint density at radius 3 is 2.56 bits per heavy atom. The first-order valence-corrected chi connectivity index (χ1v) is 8.81. The number of aromatic nitrogens is 1. The molecule has 0 unspecified atom stereocenters. The molecule has 0 bridgehead atoms. The molecule has 0 aromatic carbocycles. The van der Waals surface area contributed by atoms with E-state index in [1.54, 1.807) is 20.8 Å². The summed E-state index contributed by atoms with van der Waals surface area (Å²) >= 11 is 2.37. The van der Waals surface area contributed by atoms with E-state index in [0.717, 1.165) is 11.3 Å². The van der Waals surface area contributed by atoms with Crippen LogP contribution in [0.5, 0.6) is 0 Å².